The number of aromatic nitrogens is 2. The van der Waals surface area contributed by atoms with Crippen molar-refractivity contribution in [3.05, 3.63) is 48.1 Å². The van der Waals surface area contributed by atoms with Crippen LogP contribution in [0.2, 0.25) is 0 Å². The molecule has 24 heavy (non-hydrogen) atoms. The molecular weight excluding hydrogens is 302 g/mol. The van der Waals surface area contributed by atoms with Crippen LogP contribution in [0.25, 0.3) is 5.57 Å². The van der Waals surface area contributed by atoms with Crippen molar-refractivity contribution in [1.29, 1.82) is 5.26 Å². The fourth-order valence-corrected chi connectivity index (χ4v) is 3.07. The number of nitriles is 1. The number of anilines is 2. The molecule has 1 aromatic heterocycles. The zero-order chi connectivity index (χ0) is 16.4. The van der Waals surface area contributed by atoms with Crippen LogP contribution >= 0.6 is 0 Å². The lowest BCUT2D eigenvalue weighted by Crippen LogP contribution is -2.17. The predicted molar refractivity (Wildman–Crippen MR) is 91.1 cm³/mol. The highest BCUT2D eigenvalue weighted by Crippen LogP contribution is 2.35. The van der Waals surface area contributed by atoms with Crippen LogP contribution in [0.5, 0.6) is 5.75 Å². The van der Waals surface area contributed by atoms with Crippen molar-refractivity contribution in [2.45, 2.75) is 31.7 Å². The Labute approximate surface area is 140 Å². The molecule has 2 heterocycles. The normalized spacial score (nSPS) is 18.3. The minimum Gasteiger partial charge on any atom is -0.437 e. The quantitative estimate of drug-likeness (QED) is 0.842. The molecule has 2 aromatic rings. The van der Waals surface area contributed by atoms with E-state index in [0.29, 0.717) is 34.9 Å². The van der Waals surface area contributed by atoms with Gasteiger partial charge >= 0.3 is 0 Å². The number of nitrogens with one attached hydrogen (secondary N) is 2. The molecule has 1 aliphatic heterocycles. The van der Waals surface area contributed by atoms with Gasteiger partial charge in [-0.2, -0.15) is 5.26 Å². The number of ether oxygens (including phenoxy) is 1. The van der Waals surface area contributed by atoms with Gasteiger partial charge in [-0.15, -0.1) is 0 Å². The Kier molecular flexibility index (Phi) is 3.75. The van der Waals surface area contributed by atoms with Gasteiger partial charge in [-0.1, -0.05) is 25.0 Å². The number of fused-ring (bicyclic) bond motifs is 1. The van der Waals surface area contributed by atoms with Gasteiger partial charge in [0.25, 0.3) is 0 Å². The van der Waals surface area contributed by atoms with E-state index in [0.717, 1.165) is 18.5 Å². The molecule has 4 rings (SSSR count). The summed E-state index contributed by atoms with van der Waals surface area (Å²) >= 11 is 0. The predicted octanol–water partition coefficient (Wildman–Crippen LogP) is 3.53. The van der Waals surface area contributed by atoms with Crippen LogP contribution in [0.4, 0.5) is 11.6 Å². The Morgan fingerprint density at radius 3 is 2.88 bits per heavy atom. The molecule has 0 saturated heterocycles. The molecule has 1 aromatic carbocycles. The summed E-state index contributed by atoms with van der Waals surface area (Å²) in [5.41, 5.74) is 1.75. The van der Waals surface area contributed by atoms with E-state index in [1.165, 1.54) is 12.8 Å². The van der Waals surface area contributed by atoms with Crippen molar-refractivity contribution in [2.75, 3.05) is 10.6 Å². The largest absolute Gasteiger partial charge is 0.437 e. The summed E-state index contributed by atoms with van der Waals surface area (Å²) in [7, 11) is 0. The number of nitrogens with zero attached hydrogens (tertiary/aromatic N) is 3. The second-order valence-electron chi connectivity index (χ2n) is 5.93. The van der Waals surface area contributed by atoms with E-state index in [-0.39, 0.29) is 0 Å². The van der Waals surface area contributed by atoms with E-state index in [1.807, 2.05) is 24.3 Å². The molecule has 2 aliphatic rings. The SMILES string of the molecule is N#C/C(=C1\Nc2ccccc2O1)c1ccnc(NC2CCCC2)n1. The van der Waals surface area contributed by atoms with Crippen LogP contribution in [0, 0.1) is 11.3 Å². The molecule has 1 aliphatic carbocycles. The van der Waals surface area contributed by atoms with Gasteiger partial charge < -0.3 is 15.4 Å². The van der Waals surface area contributed by atoms with Gasteiger partial charge in [-0.3, -0.25) is 0 Å². The van der Waals surface area contributed by atoms with Crippen LogP contribution in [0.3, 0.4) is 0 Å². The van der Waals surface area contributed by atoms with Crippen LogP contribution in [-0.4, -0.2) is 16.0 Å². The first-order valence-electron chi connectivity index (χ1n) is 8.12. The van der Waals surface area contributed by atoms with Gasteiger partial charge in [-0.05, 0) is 31.0 Å². The van der Waals surface area contributed by atoms with Crippen molar-refractivity contribution in [2.24, 2.45) is 0 Å². The summed E-state index contributed by atoms with van der Waals surface area (Å²) in [5.74, 6) is 1.67. The number of para-hydroxylation sites is 2. The molecule has 0 spiro atoms. The lowest BCUT2D eigenvalue weighted by atomic mass is 10.2. The van der Waals surface area contributed by atoms with Gasteiger partial charge in [-0.25, -0.2) is 9.97 Å². The van der Waals surface area contributed by atoms with Gasteiger partial charge in [0.15, 0.2) is 5.75 Å². The first-order chi connectivity index (χ1) is 11.8. The van der Waals surface area contributed by atoms with Gasteiger partial charge in [0.05, 0.1) is 11.4 Å². The van der Waals surface area contributed by atoms with Crippen molar-refractivity contribution in [1.82, 2.24) is 9.97 Å². The smallest absolute Gasteiger partial charge is 0.223 e. The molecule has 1 fully saturated rings. The molecule has 2 N–H and O–H groups in total. The first kappa shape index (κ1) is 14.5. The Balaban J connectivity index is 1.62. The molecule has 1 saturated carbocycles. The second-order valence-corrected chi connectivity index (χ2v) is 5.93. The third kappa shape index (κ3) is 2.76. The molecular formula is C18H17N5O. The zero-order valence-electron chi connectivity index (χ0n) is 13.1. The first-order valence-corrected chi connectivity index (χ1v) is 8.12. The minimum atomic E-state index is 0.364. The lowest BCUT2D eigenvalue weighted by molar-refractivity contribution is 0.460. The summed E-state index contributed by atoms with van der Waals surface area (Å²) in [6.07, 6.45) is 6.42. The summed E-state index contributed by atoms with van der Waals surface area (Å²) in [5, 5.41) is 16.1. The van der Waals surface area contributed by atoms with Crippen LogP contribution in [0.1, 0.15) is 31.4 Å². The summed E-state index contributed by atoms with van der Waals surface area (Å²) in [4.78, 5) is 8.76. The average molecular weight is 319 g/mol. The van der Waals surface area contributed by atoms with E-state index in [9.17, 15) is 5.26 Å². The van der Waals surface area contributed by atoms with E-state index in [4.69, 9.17) is 4.74 Å². The number of hydrogen-bond donors (Lipinski definition) is 2. The van der Waals surface area contributed by atoms with E-state index in [2.05, 4.69) is 26.7 Å². The third-order valence-electron chi connectivity index (χ3n) is 4.29. The second kappa shape index (κ2) is 6.20. The molecule has 0 atom stereocenters. The maximum atomic E-state index is 9.59. The molecule has 0 bridgehead atoms. The molecule has 120 valence electrons. The molecule has 6 nitrogen and oxygen atoms in total. The minimum absolute atomic E-state index is 0.364. The van der Waals surface area contributed by atoms with Crippen molar-refractivity contribution in [3.8, 4) is 11.8 Å². The number of benzene rings is 1. The summed E-state index contributed by atoms with van der Waals surface area (Å²) in [6.45, 7) is 0. The Morgan fingerprint density at radius 2 is 2.08 bits per heavy atom. The highest BCUT2D eigenvalue weighted by atomic mass is 16.5. The summed E-state index contributed by atoms with van der Waals surface area (Å²) in [6, 6.07) is 11.9. The van der Waals surface area contributed by atoms with Crippen molar-refractivity contribution < 1.29 is 4.74 Å². The maximum absolute atomic E-state index is 9.59. The Hall–Kier alpha value is -3.07. The van der Waals surface area contributed by atoms with Crippen molar-refractivity contribution >= 4 is 17.2 Å². The van der Waals surface area contributed by atoms with E-state index >= 15 is 0 Å². The maximum Gasteiger partial charge on any atom is 0.223 e. The number of hydrogen-bond acceptors (Lipinski definition) is 6. The van der Waals surface area contributed by atoms with E-state index in [1.54, 1.807) is 12.3 Å². The summed E-state index contributed by atoms with van der Waals surface area (Å²) < 4.78 is 5.75. The number of rotatable bonds is 3. The van der Waals surface area contributed by atoms with Gasteiger partial charge in [0, 0.05) is 12.2 Å². The van der Waals surface area contributed by atoms with Crippen LogP contribution < -0.4 is 15.4 Å². The molecule has 0 amide bonds. The Morgan fingerprint density at radius 1 is 1.25 bits per heavy atom. The lowest BCUT2D eigenvalue weighted by Gasteiger charge is -2.12. The standard InChI is InChI=1S/C18H17N5O/c19-11-13(17-22-15-7-3-4-8-16(15)24-17)14-9-10-20-18(23-14)21-12-5-1-2-6-12/h3-4,7-10,12,22H,1-2,5-6H2,(H,20,21,23)/b17-13-. The number of allylic oxidation sites excluding steroid dienone is 1. The monoisotopic (exact) mass is 319 g/mol. The van der Waals surface area contributed by atoms with Crippen molar-refractivity contribution in [3.63, 3.8) is 0 Å². The van der Waals surface area contributed by atoms with Crippen LogP contribution in [0.15, 0.2) is 42.4 Å². The molecule has 6 heteroatoms. The average Bonchev–Trinajstić information content (AvgIpc) is 3.25. The molecule has 0 radical (unpaired) electrons. The highest BCUT2D eigenvalue weighted by Gasteiger charge is 2.22. The van der Waals surface area contributed by atoms with Gasteiger partial charge in [0.2, 0.25) is 11.8 Å². The molecule has 0 unspecified atom stereocenters. The van der Waals surface area contributed by atoms with Gasteiger partial charge in [0.1, 0.15) is 11.6 Å². The van der Waals surface area contributed by atoms with Crippen LogP contribution in [-0.2, 0) is 0 Å². The highest BCUT2D eigenvalue weighted by molar-refractivity contribution is 5.81. The Bertz CT molecular complexity index is 806. The zero-order valence-corrected chi connectivity index (χ0v) is 13.1. The fraction of sp³-hybridized carbons (Fsp3) is 0.278. The topological polar surface area (TPSA) is 82.9 Å². The van der Waals surface area contributed by atoms with E-state index < -0.39 is 0 Å². The third-order valence-corrected chi connectivity index (χ3v) is 4.29. The fourth-order valence-electron chi connectivity index (χ4n) is 3.07.